The molecule has 0 saturated carbocycles. The summed E-state index contributed by atoms with van der Waals surface area (Å²) in [6.07, 6.45) is 1.35. The number of hydrogen-bond donors (Lipinski definition) is 0. The number of rotatable bonds is 2. The van der Waals surface area contributed by atoms with Crippen molar-refractivity contribution >= 4 is 29.5 Å². The maximum atomic E-state index is 11.9. The molecule has 0 N–H and O–H groups in total. The molecule has 0 aliphatic carbocycles. The van der Waals surface area contributed by atoms with Gasteiger partial charge in [-0.2, -0.15) is 0 Å². The lowest BCUT2D eigenvalue weighted by Gasteiger charge is -2.32. The Morgan fingerprint density at radius 2 is 1.78 bits per heavy atom. The molecular weight excluding hydrogens is 295 g/mol. The maximum Gasteiger partial charge on any atom is 0.494 e. The van der Waals surface area contributed by atoms with Gasteiger partial charge in [0.1, 0.15) is 6.33 Å². The number of aromatic nitrogens is 2. The fourth-order valence-corrected chi connectivity index (χ4v) is 2.46. The van der Waals surface area contributed by atoms with E-state index in [-0.39, 0.29) is 5.69 Å². The molecule has 2 aromatic rings. The van der Waals surface area contributed by atoms with E-state index < -0.39 is 24.3 Å². The molecule has 1 aliphatic heterocycles. The lowest BCUT2D eigenvalue weighted by molar-refractivity contribution is 0.00578. The number of fused-ring (bicyclic) bond motifs is 1. The van der Waals surface area contributed by atoms with Crippen LogP contribution >= 0.6 is 0 Å². The van der Waals surface area contributed by atoms with Gasteiger partial charge in [-0.05, 0) is 39.2 Å². The zero-order chi connectivity index (χ0) is 16.8. The Morgan fingerprint density at radius 1 is 1.13 bits per heavy atom. The monoisotopic (exact) mass is 314 g/mol. The van der Waals surface area contributed by atoms with Crippen LogP contribution in [0, 0.1) is 0 Å². The van der Waals surface area contributed by atoms with E-state index in [1.807, 2.05) is 45.9 Å². The highest BCUT2D eigenvalue weighted by Gasteiger charge is 2.51. The highest BCUT2D eigenvalue weighted by molar-refractivity contribution is 6.62. The molecular formula is C16H19BN2O4. The SMILES string of the molecule is COC(=O)c1ncnc2ccc(B3OC(C)(C)C(C)(C)O3)cc12. The summed E-state index contributed by atoms with van der Waals surface area (Å²) >= 11 is 0. The first kappa shape index (κ1) is 15.9. The van der Waals surface area contributed by atoms with Crippen LogP contribution in [-0.4, -0.2) is 41.4 Å². The number of esters is 1. The topological polar surface area (TPSA) is 70.5 Å². The highest BCUT2D eigenvalue weighted by atomic mass is 16.7. The van der Waals surface area contributed by atoms with Gasteiger partial charge in [-0.1, -0.05) is 12.1 Å². The Labute approximate surface area is 135 Å². The van der Waals surface area contributed by atoms with Crippen molar-refractivity contribution < 1.29 is 18.8 Å². The van der Waals surface area contributed by atoms with Crippen LogP contribution in [0.3, 0.4) is 0 Å². The van der Waals surface area contributed by atoms with Crippen LogP contribution in [0.4, 0.5) is 0 Å². The molecule has 1 aliphatic rings. The number of ether oxygens (including phenoxy) is 1. The molecule has 1 aromatic heterocycles. The summed E-state index contributed by atoms with van der Waals surface area (Å²) in [5, 5.41) is 0.617. The summed E-state index contributed by atoms with van der Waals surface area (Å²) in [6.45, 7) is 7.99. The number of hydrogen-bond acceptors (Lipinski definition) is 6. The van der Waals surface area contributed by atoms with Crippen molar-refractivity contribution in [3.8, 4) is 0 Å². The Kier molecular flexibility index (Phi) is 3.65. The largest absolute Gasteiger partial charge is 0.494 e. The predicted octanol–water partition coefficient (Wildman–Crippen LogP) is 1.72. The van der Waals surface area contributed by atoms with E-state index in [9.17, 15) is 4.79 Å². The van der Waals surface area contributed by atoms with Crippen molar-refractivity contribution in [1.82, 2.24) is 9.97 Å². The second kappa shape index (κ2) is 5.28. The van der Waals surface area contributed by atoms with Crippen LogP contribution in [0.5, 0.6) is 0 Å². The minimum Gasteiger partial charge on any atom is -0.464 e. The first-order valence-corrected chi connectivity index (χ1v) is 7.44. The van der Waals surface area contributed by atoms with Gasteiger partial charge in [0.2, 0.25) is 0 Å². The number of nitrogens with zero attached hydrogens (tertiary/aromatic N) is 2. The van der Waals surface area contributed by atoms with Gasteiger partial charge in [0.15, 0.2) is 5.69 Å². The van der Waals surface area contributed by atoms with Crippen LogP contribution in [-0.2, 0) is 14.0 Å². The zero-order valence-electron chi connectivity index (χ0n) is 13.9. The van der Waals surface area contributed by atoms with Gasteiger partial charge in [-0.25, -0.2) is 14.8 Å². The zero-order valence-corrected chi connectivity index (χ0v) is 13.9. The van der Waals surface area contributed by atoms with E-state index in [0.29, 0.717) is 10.9 Å². The third-order valence-corrected chi connectivity index (χ3v) is 4.56. The predicted molar refractivity (Wildman–Crippen MR) is 86.6 cm³/mol. The van der Waals surface area contributed by atoms with Crippen LogP contribution in [0.2, 0.25) is 0 Å². The maximum absolute atomic E-state index is 11.9. The molecule has 1 saturated heterocycles. The van der Waals surface area contributed by atoms with E-state index in [1.165, 1.54) is 13.4 Å². The fourth-order valence-electron chi connectivity index (χ4n) is 2.46. The van der Waals surface area contributed by atoms with Crippen LogP contribution < -0.4 is 5.46 Å². The number of carbonyl (C=O) groups excluding carboxylic acids is 1. The smallest absolute Gasteiger partial charge is 0.464 e. The third-order valence-electron chi connectivity index (χ3n) is 4.56. The molecule has 7 heteroatoms. The van der Waals surface area contributed by atoms with Gasteiger partial charge in [-0.15, -0.1) is 0 Å². The third kappa shape index (κ3) is 2.60. The number of carbonyl (C=O) groups is 1. The molecule has 0 spiro atoms. The summed E-state index contributed by atoms with van der Waals surface area (Å²) in [5.74, 6) is -0.497. The Balaban J connectivity index is 2.06. The Hall–Kier alpha value is -1.99. The molecule has 0 radical (unpaired) electrons. The molecule has 0 unspecified atom stereocenters. The lowest BCUT2D eigenvalue weighted by atomic mass is 9.78. The first-order valence-electron chi connectivity index (χ1n) is 7.44. The Morgan fingerprint density at radius 3 is 2.39 bits per heavy atom. The van der Waals surface area contributed by atoms with E-state index in [0.717, 1.165) is 5.46 Å². The average molecular weight is 314 g/mol. The second-order valence-corrected chi connectivity index (χ2v) is 6.58. The minimum absolute atomic E-state index is 0.232. The molecule has 23 heavy (non-hydrogen) atoms. The van der Waals surface area contributed by atoms with E-state index in [4.69, 9.17) is 14.0 Å². The van der Waals surface area contributed by atoms with E-state index >= 15 is 0 Å². The highest BCUT2D eigenvalue weighted by Crippen LogP contribution is 2.36. The summed E-state index contributed by atoms with van der Waals surface area (Å²) in [6, 6.07) is 5.53. The molecule has 2 heterocycles. The van der Waals surface area contributed by atoms with Crippen LogP contribution in [0.1, 0.15) is 38.2 Å². The minimum atomic E-state index is -0.505. The molecule has 120 valence electrons. The quantitative estimate of drug-likeness (QED) is 0.621. The molecule has 0 amide bonds. The standard InChI is InChI=1S/C16H19BN2O4/c1-15(2)16(3,4)23-17(22-15)10-6-7-12-11(8-10)13(14(20)21-5)19-9-18-12/h6-9H,1-5H3. The molecule has 0 bridgehead atoms. The summed E-state index contributed by atoms with van der Waals surface area (Å²) in [7, 11) is 0.823. The van der Waals surface area contributed by atoms with E-state index in [2.05, 4.69) is 9.97 Å². The summed E-state index contributed by atoms with van der Waals surface area (Å²) in [4.78, 5) is 20.1. The second-order valence-electron chi connectivity index (χ2n) is 6.58. The molecule has 1 aromatic carbocycles. The fraction of sp³-hybridized carbons (Fsp3) is 0.438. The van der Waals surface area contributed by atoms with E-state index in [1.54, 1.807) is 0 Å². The van der Waals surface area contributed by atoms with Gasteiger partial charge in [-0.3, -0.25) is 0 Å². The first-order chi connectivity index (χ1) is 10.7. The Bertz CT molecular complexity index is 760. The molecule has 0 atom stereocenters. The van der Waals surface area contributed by atoms with Gasteiger partial charge in [0.05, 0.1) is 23.8 Å². The average Bonchev–Trinajstić information content (AvgIpc) is 2.73. The normalized spacial score (nSPS) is 19.1. The lowest BCUT2D eigenvalue weighted by Crippen LogP contribution is -2.41. The molecule has 1 fully saturated rings. The van der Waals surface area contributed by atoms with Gasteiger partial charge in [0, 0.05) is 5.39 Å². The van der Waals surface area contributed by atoms with Gasteiger partial charge >= 0.3 is 13.1 Å². The van der Waals surface area contributed by atoms with Crippen molar-refractivity contribution in [1.29, 1.82) is 0 Å². The van der Waals surface area contributed by atoms with Gasteiger partial charge in [0.25, 0.3) is 0 Å². The van der Waals surface area contributed by atoms with Crippen molar-refractivity contribution in [2.24, 2.45) is 0 Å². The van der Waals surface area contributed by atoms with Crippen LogP contribution in [0.15, 0.2) is 24.5 Å². The molecule has 6 nitrogen and oxygen atoms in total. The van der Waals surface area contributed by atoms with Crippen LogP contribution in [0.25, 0.3) is 10.9 Å². The number of methoxy groups -OCH3 is 1. The van der Waals surface area contributed by atoms with Crippen molar-refractivity contribution in [2.75, 3.05) is 7.11 Å². The van der Waals surface area contributed by atoms with Crippen molar-refractivity contribution in [2.45, 2.75) is 38.9 Å². The van der Waals surface area contributed by atoms with Crippen molar-refractivity contribution in [3.05, 3.63) is 30.2 Å². The number of benzene rings is 1. The summed E-state index contributed by atoms with van der Waals surface area (Å²) < 4.78 is 16.9. The summed E-state index contributed by atoms with van der Waals surface area (Å²) in [5.41, 5.74) is 0.864. The van der Waals surface area contributed by atoms with Gasteiger partial charge < -0.3 is 14.0 Å². The molecule has 3 rings (SSSR count). The van der Waals surface area contributed by atoms with Crippen molar-refractivity contribution in [3.63, 3.8) is 0 Å².